The number of nitrogens with two attached hydrogens (primary N) is 1. The molecule has 2 heterocycles. The number of hydrogen-bond donors (Lipinski definition) is 1. The third-order valence-corrected chi connectivity index (χ3v) is 2.25. The standard InChI is InChI=1S/C10H8N2O3/c11-7-2-1-6(8-3-12-4-13-8)9-10(7)15-5-14-9/h1-4H,5,11H2. The van der Waals surface area contributed by atoms with Gasteiger partial charge in [-0.2, -0.15) is 0 Å². The first-order valence-corrected chi connectivity index (χ1v) is 4.43. The molecule has 0 bridgehead atoms. The maximum atomic E-state index is 5.74. The Morgan fingerprint density at radius 3 is 2.87 bits per heavy atom. The number of ether oxygens (including phenoxy) is 2. The van der Waals surface area contributed by atoms with Crippen LogP contribution in [0, 0.1) is 0 Å². The molecule has 0 fully saturated rings. The van der Waals surface area contributed by atoms with E-state index >= 15 is 0 Å². The Bertz CT molecular complexity index is 494. The van der Waals surface area contributed by atoms with Crippen molar-refractivity contribution < 1.29 is 13.9 Å². The molecule has 1 aliphatic rings. The molecular weight excluding hydrogens is 196 g/mol. The second-order valence-corrected chi connectivity index (χ2v) is 3.13. The quantitative estimate of drug-likeness (QED) is 0.715. The largest absolute Gasteiger partial charge is 0.453 e. The van der Waals surface area contributed by atoms with Gasteiger partial charge in [-0.15, -0.1) is 0 Å². The molecule has 0 amide bonds. The van der Waals surface area contributed by atoms with E-state index in [9.17, 15) is 0 Å². The van der Waals surface area contributed by atoms with Crippen LogP contribution >= 0.6 is 0 Å². The Morgan fingerprint density at radius 1 is 1.20 bits per heavy atom. The summed E-state index contributed by atoms with van der Waals surface area (Å²) in [6.07, 6.45) is 2.99. The predicted octanol–water partition coefficient (Wildman–Crippen LogP) is 1.65. The summed E-state index contributed by atoms with van der Waals surface area (Å²) in [5.41, 5.74) is 7.10. The second kappa shape index (κ2) is 2.91. The lowest BCUT2D eigenvalue weighted by molar-refractivity contribution is 0.174. The minimum Gasteiger partial charge on any atom is -0.453 e. The van der Waals surface area contributed by atoms with Gasteiger partial charge in [-0.1, -0.05) is 0 Å². The molecule has 0 radical (unpaired) electrons. The molecule has 0 saturated heterocycles. The molecule has 0 unspecified atom stereocenters. The van der Waals surface area contributed by atoms with E-state index in [4.69, 9.17) is 19.6 Å². The molecule has 0 aliphatic carbocycles. The first-order chi connectivity index (χ1) is 7.36. The van der Waals surface area contributed by atoms with Gasteiger partial charge in [0.2, 0.25) is 6.79 Å². The van der Waals surface area contributed by atoms with Crippen molar-refractivity contribution in [2.75, 3.05) is 12.5 Å². The van der Waals surface area contributed by atoms with E-state index in [1.165, 1.54) is 6.39 Å². The number of nitrogen functional groups attached to an aromatic ring is 1. The number of benzene rings is 1. The maximum Gasteiger partial charge on any atom is 0.231 e. The lowest BCUT2D eigenvalue weighted by atomic mass is 10.1. The molecule has 0 saturated carbocycles. The van der Waals surface area contributed by atoms with Crippen molar-refractivity contribution in [3.63, 3.8) is 0 Å². The fourth-order valence-electron chi connectivity index (χ4n) is 1.56. The van der Waals surface area contributed by atoms with Crippen molar-refractivity contribution in [1.82, 2.24) is 4.98 Å². The molecule has 15 heavy (non-hydrogen) atoms. The Morgan fingerprint density at radius 2 is 2.07 bits per heavy atom. The Balaban J connectivity index is 2.22. The molecule has 0 spiro atoms. The van der Waals surface area contributed by atoms with Gasteiger partial charge in [-0.05, 0) is 12.1 Å². The van der Waals surface area contributed by atoms with Crippen molar-refractivity contribution in [3.8, 4) is 22.8 Å². The van der Waals surface area contributed by atoms with Crippen LogP contribution in [0.3, 0.4) is 0 Å². The van der Waals surface area contributed by atoms with E-state index in [1.807, 2.05) is 6.07 Å². The van der Waals surface area contributed by atoms with E-state index in [-0.39, 0.29) is 6.79 Å². The van der Waals surface area contributed by atoms with Crippen LogP contribution in [-0.4, -0.2) is 11.8 Å². The van der Waals surface area contributed by atoms with Crippen LogP contribution in [0.2, 0.25) is 0 Å². The van der Waals surface area contributed by atoms with Gasteiger partial charge in [0, 0.05) is 0 Å². The molecule has 1 aromatic carbocycles. The summed E-state index contributed by atoms with van der Waals surface area (Å²) in [5.74, 6) is 1.83. The highest BCUT2D eigenvalue weighted by Crippen LogP contribution is 2.44. The zero-order valence-electron chi connectivity index (χ0n) is 7.77. The summed E-state index contributed by atoms with van der Waals surface area (Å²) in [7, 11) is 0. The third-order valence-electron chi connectivity index (χ3n) is 2.25. The Hall–Kier alpha value is -2.17. The lowest BCUT2D eigenvalue weighted by Crippen LogP contribution is -1.94. The SMILES string of the molecule is Nc1ccc(-c2cnco2)c2c1OCO2. The van der Waals surface area contributed by atoms with Gasteiger partial charge >= 0.3 is 0 Å². The van der Waals surface area contributed by atoms with Crippen molar-refractivity contribution in [1.29, 1.82) is 0 Å². The van der Waals surface area contributed by atoms with Gasteiger partial charge in [-0.25, -0.2) is 4.98 Å². The number of nitrogens with zero attached hydrogens (tertiary/aromatic N) is 1. The molecule has 76 valence electrons. The zero-order valence-corrected chi connectivity index (χ0v) is 7.77. The molecule has 0 atom stereocenters. The number of aromatic nitrogens is 1. The van der Waals surface area contributed by atoms with Crippen LogP contribution in [-0.2, 0) is 0 Å². The predicted molar refractivity (Wildman–Crippen MR) is 52.5 cm³/mol. The smallest absolute Gasteiger partial charge is 0.231 e. The van der Waals surface area contributed by atoms with Crippen molar-refractivity contribution >= 4 is 5.69 Å². The first kappa shape index (κ1) is 8.16. The minimum absolute atomic E-state index is 0.185. The number of anilines is 1. The third kappa shape index (κ3) is 1.13. The lowest BCUT2D eigenvalue weighted by Gasteiger charge is -2.04. The summed E-state index contributed by atoms with van der Waals surface area (Å²) >= 11 is 0. The summed E-state index contributed by atoms with van der Waals surface area (Å²) in [6, 6.07) is 3.58. The van der Waals surface area contributed by atoms with Crippen molar-refractivity contribution in [2.45, 2.75) is 0 Å². The molecule has 5 heteroatoms. The summed E-state index contributed by atoms with van der Waals surface area (Å²) in [4.78, 5) is 3.85. The van der Waals surface area contributed by atoms with Crippen LogP contribution in [0.1, 0.15) is 0 Å². The first-order valence-electron chi connectivity index (χ1n) is 4.43. The average molecular weight is 204 g/mol. The van der Waals surface area contributed by atoms with Gasteiger partial charge in [0.1, 0.15) is 0 Å². The van der Waals surface area contributed by atoms with Crippen molar-refractivity contribution in [3.05, 3.63) is 24.7 Å². The van der Waals surface area contributed by atoms with Gasteiger partial charge in [0.05, 0.1) is 17.4 Å². The van der Waals surface area contributed by atoms with Crippen LogP contribution in [0.25, 0.3) is 11.3 Å². The highest BCUT2D eigenvalue weighted by atomic mass is 16.7. The monoisotopic (exact) mass is 204 g/mol. The molecule has 5 nitrogen and oxygen atoms in total. The Kier molecular flexibility index (Phi) is 1.58. The van der Waals surface area contributed by atoms with E-state index in [0.29, 0.717) is 22.9 Å². The van der Waals surface area contributed by atoms with Crippen LogP contribution in [0.4, 0.5) is 5.69 Å². The highest BCUT2D eigenvalue weighted by molar-refractivity contribution is 5.76. The molecule has 2 N–H and O–H groups in total. The fourth-order valence-corrected chi connectivity index (χ4v) is 1.56. The second-order valence-electron chi connectivity index (χ2n) is 3.13. The highest BCUT2D eigenvalue weighted by Gasteiger charge is 2.22. The fraction of sp³-hybridized carbons (Fsp3) is 0.100. The zero-order chi connectivity index (χ0) is 10.3. The number of hydrogen-bond acceptors (Lipinski definition) is 5. The van der Waals surface area contributed by atoms with Gasteiger partial charge in [-0.3, -0.25) is 0 Å². The minimum atomic E-state index is 0.185. The van der Waals surface area contributed by atoms with E-state index < -0.39 is 0 Å². The van der Waals surface area contributed by atoms with Crippen LogP contribution < -0.4 is 15.2 Å². The molecular formula is C10H8N2O3. The van der Waals surface area contributed by atoms with Gasteiger partial charge in [0.25, 0.3) is 0 Å². The van der Waals surface area contributed by atoms with Gasteiger partial charge in [0.15, 0.2) is 23.7 Å². The molecule has 2 aromatic rings. The van der Waals surface area contributed by atoms with E-state index in [2.05, 4.69) is 4.98 Å². The summed E-state index contributed by atoms with van der Waals surface area (Å²) in [6.45, 7) is 0.185. The average Bonchev–Trinajstić information content (AvgIpc) is 2.88. The molecule has 1 aliphatic heterocycles. The summed E-state index contributed by atoms with van der Waals surface area (Å²) in [5, 5.41) is 0. The van der Waals surface area contributed by atoms with Crippen LogP contribution in [0.5, 0.6) is 11.5 Å². The van der Waals surface area contributed by atoms with E-state index in [0.717, 1.165) is 5.56 Å². The van der Waals surface area contributed by atoms with Gasteiger partial charge < -0.3 is 19.6 Å². The normalized spacial score (nSPS) is 13.1. The van der Waals surface area contributed by atoms with E-state index in [1.54, 1.807) is 12.3 Å². The Labute approximate surface area is 85.4 Å². The van der Waals surface area contributed by atoms with Crippen molar-refractivity contribution in [2.24, 2.45) is 0 Å². The topological polar surface area (TPSA) is 70.5 Å². The van der Waals surface area contributed by atoms with Crippen LogP contribution in [0.15, 0.2) is 29.1 Å². The number of fused-ring (bicyclic) bond motifs is 1. The molecule has 1 aromatic heterocycles. The summed E-state index contributed by atoms with van der Waals surface area (Å²) < 4.78 is 15.8. The number of oxazole rings is 1. The maximum absolute atomic E-state index is 5.74. The number of rotatable bonds is 1. The molecule has 3 rings (SSSR count).